The number of carbonyl (C=O) groups is 2. The molecule has 2 aromatic rings. The number of thiophene rings is 1. The third-order valence-electron chi connectivity index (χ3n) is 6.43. The number of hydrogen-bond acceptors (Lipinski definition) is 3. The van der Waals surface area contributed by atoms with Crippen LogP contribution < -0.4 is 5.32 Å². The van der Waals surface area contributed by atoms with E-state index >= 15 is 0 Å². The second-order valence-corrected chi connectivity index (χ2v) is 9.48. The number of carbonyl (C=O) groups excluding carboxylic acids is 2. The summed E-state index contributed by atoms with van der Waals surface area (Å²) in [4.78, 5) is 28.6. The fraction of sp³-hybridized carbons (Fsp3) is 0.636. The standard InChI is InChI=1S/C22H31N3O2S/c1-3-12-25-20(26)18-14-19-17(11-13-28-19)24(18)15-22(25,2)21(27)23-16-9-7-5-4-6-8-10-16/h11,13-14,16H,3-10,12,15H2,1-2H3,(H,23,27)/t22-/m1/s1. The van der Waals surface area contributed by atoms with Crippen molar-refractivity contribution in [2.24, 2.45) is 0 Å². The molecule has 2 amide bonds. The minimum Gasteiger partial charge on any atom is -0.351 e. The van der Waals surface area contributed by atoms with Crippen molar-refractivity contribution in [1.29, 1.82) is 0 Å². The maximum atomic E-state index is 13.5. The van der Waals surface area contributed by atoms with Gasteiger partial charge in [0.2, 0.25) is 5.91 Å². The van der Waals surface area contributed by atoms with Gasteiger partial charge in [0.25, 0.3) is 5.91 Å². The number of amides is 2. The Balaban J connectivity index is 1.63. The molecule has 1 aliphatic carbocycles. The minimum absolute atomic E-state index is 0.00241. The Bertz CT molecular complexity index is 862. The van der Waals surface area contributed by atoms with Crippen LogP contribution in [0.15, 0.2) is 17.5 Å². The molecule has 1 fully saturated rings. The number of fused-ring (bicyclic) bond motifs is 3. The summed E-state index contributed by atoms with van der Waals surface area (Å²) in [5, 5.41) is 5.38. The van der Waals surface area contributed by atoms with Crippen molar-refractivity contribution >= 4 is 33.4 Å². The van der Waals surface area contributed by atoms with E-state index in [2.05, 4.69) is 22.9 Å². The number of nitrogens with zero attached hydrogens (tertiary/aromatic N) is 2. The molecule has 2 aliphatic rings. The number of nitrogens with one attached hydrogen (secondary N) is 1. The lowest BCUT2D eigenvalue weighted by atomic mass is 9.92. The fourth-order valence-corrected chi connectivity index (χ4v) is 5.61. The van der Waals surface area contributed by atoms with E-state index in [0.29, 0.717) is 18.8 Å². The maximum absolute atomic E-state index is 13.5. The van der Waals surface area contributed by atoms with Crippen LogP contribution in [0.4, 0.5) is 0 Å². The Morgan fingerprint density at radius 3 is 2.68 bits per heavy atom. The van der Waals surface area contributed by atoms with Crippen LogP contribution in [0.5, 0.6) is 0 Å². The molecule has 0 saturated heterocycles. The molecule has 0 aromatic carbocycles. The Morgan fingerprint density at radius 1 is 1.25 bits per heavy atom. The van der Waals surface area contributed by atoms with E-state index in [9.17, 15) is 9.59 Å². The summed E-state index contributed by atoms with van der Waals surface area (Å²) in [6.07, 6.45) is 9.12. The molecule has 1 N–H and O–H groups in total. The van der Waals surface area contributed by atoms with Crippen molar-refractivity contribution in [1.82, 2.24) is 14.8 Å². The van der Waals surface area contributed by atoms with Gasteiger partial charge in [0.05, 0.1) is 16.8 Å². The number of rotatable bonds is 4. The van der Waals surface area contributed by atoms with E-state index < -0.39 is 5.54 Å². The molecule has 0 spiro atoms. The van der Waals surface area contributed by atoms with Gasteiger partial charge in [-0.1, -0.05) is 39.0 Å². The van der Waals surface area contributed by atoms with Gasteiger partial charge < -0.3 is 14.8 Å². The smallest absolute Gasteiger partial charge is 0.271 e. The van der Waals surface area contributed by atoms with Gasteiger partial charge in [-0.05, 0) is 43.7 Å². The maximum Gasteiger partial charge on any atom is 0.271 e. The predicted molar refractivity (Wildman–Crippen MR) is 114 cm³/mol. The molecule has 0 bridgehead atoms. The number of aromatic nitrogens is 1. The second kappa shape index (κ2) is 7.90. The van der Waals surface area contributed by atoms with Gasteiger partial charge in [-0.15, -0.1) is 11.3 Å². The van der Waals surface area contributed by atoms with Gasteiger partial charge >= 0.3 is 0 Å². The van der Waals surface area contributed by atoms with Gasteiger partial charge in [-0.3, -0.25) is 9.59 Å². The highest BCUT2D eigenvalue weighted by Gasteiger charge is 2.47. The van der Waals surface area contributed by atoms with Gasteiger partial charge in [0.1, 0.15) is 11.2 Å². The first-order valence-electron chi connectivity index (χ1n) is 10.7. The van der Waals surface area contributed by atoms with E-state index in [4.69, 9.17) is 0 Å². The molecule has 5 nitrogen and oxygen atoms in total. The third-order valence-corrected chi connectivity index (χ3v) is 7.28. The highest BCUT2D eigenvalue weighted by molar-refractivity contribution is 7.17. The van der Waals surface area contributed by atoms with Crippen molar-refractivity contribution in [3.05, 3.63) is 23.2 Å². The Labute approximate surface area is 171 Å². The molecule has 0 radical (unpaired) electrons. The van der Waals surface area contributed by atoms with Gasteiger partial charge in [-0.2, -0.15) is 0 Å². The molecule has 2 aromatic heterocycles. The first-order valence-corrected chi connectivity index (χ1v) is 11.6. The molecule has 1 aliphatic heterocycles. The van der Waals surface area contributed by atoms with Gasteiger partial charge in [0.15, 0.2) is 0 Å². The monoisotopic (exact) mass is 401 g/mol. The molecule has 3 heterocycles. The van der Waals surface area contributed by atoms with Crippen LogP contribution in [-0.4, -0.2) is 39.4 Å². The summed E-state index contributed by atoms with van der Waals surface area (Å²) >= 11 is 1.65. The molecular weight excluding hydrogens is 370 g/mol. The van der Waals surface area contributed by atoms with E-state index in [-0.39, 0.29) is 17.9 Å². The average molecular weight is 402 g/mol. The molecule has 152 valence electrons. The third kappa shape index (κ3) is 3.36. The first-order chi connectivity index (χ1) is 13.5. The zero-order valence-corrected chi connectivity index (χ0v) is 17.8. The topological polar surface area (TPSA) is 54.3 Å². The van der Waals surface area contributed by atoms with Crippen LogP contribution in [0.1, 0.15) is 75.7 Å². The molecule has 4 rings (SSSR count). The second-order valence-electron chi connectivity index (χ2n) is 8.53. The normalized spacial score (nSPS) is 24.1. The quantitative estimate of drug-likeness (QED) is 0.817. The zero-order valence-electron chi connectivity index (χ0n) is 17.0. The lowest BCUT2D eigenvalue weighted by molar-refractivity contribution is -0.133. The lowest BCUT2D eigenvalue weighted by Gasteiger charge is -2.44. The van der Waals surface area contributed by atoms with E-state index in [1.54, 1.807) is 11.3 Å². The summed E-state index contributed by atoms with van der Waals surface area (Å²) in [6, 6.07) is 4.27. The first kappa shape index (κ1) is 19.5. The SMILES string of the molecule is CCCN1C(=O)c2cc3sccc3n2C[C@]1(C)C(=O)NC1CCCCCCC1. The summed E-state index contributed by atoms with van der Waals surface area (Å²) in [6.45, 7) is 5.13. The van der Waals surface area contributed by atoms with Gasteiger partial charge in [0, 0.05) is 12.6 Å². The molecule has 0 unspecified atom stereocenters. The number of hydrogen-bond donors (Lipinski definition) is 1. The van der Waals surface area contributed by atoms with Crippen LogP contribution in [0.2, 0.25) is 0 Å². The van der Waals surface area contributed by atoms with Crippen molar-refractivity contribution in [2.45, 2.75) is 83.3 Å². The molecule has 1 atom stereocenters. The molecule has 1 saturated carbocycles. The highest BCUT2D eigenvalue weighted by Crippen LogP contribution is 2.34. The van der Waals surface area contributed by atoms with Crippen LogP contribution in [0, 0.1) is 0 Å². The largest absolute Gasteiger partial charge is 0.351 e. The van der Waals surface area contributed by atoms with Crippen molar-refractivity contribution < 1.29 is 9.59 Å². The molecule has 6 heteroatoms. The van der Waals surface area contributed by atoms with Crippen LogP contribution in [-0.2, 0) is 11.3 Å². The Hall–Kier alpha value is -1.82. The Morgan fingerprint density at radius 2 is 1.96 bits per heavy atom. The zero-order chi connectivity index (χ0) is 19.7. The molecule has 28 heavy (non-hydrogen) atoms. The van der Waals surface area contributed by atoms with Crippen molar-refractivity contribution in [3.63, 3.8) is 0 Å². The highest BCUT2D eigenvalue weighted by atomic mass is 32.1. The van der Waals surface area contributed by atoms with E-state index in [0.717, 1.165) is 29.5 Å². The van der Waals surface area contributed by atoms with Crippen molar-refractivity contribution in [3.8, 4) is 0 Å². The van der Waals surface area contributed by atoms with E-state index in [1.165, 1.54) is 32.1 Å². The minimum atomic E-state index is -0.851. The average Bonchev–Trinajstić information content (AvgIpc) is 3.23. The summed E-state index contributed by atoms with van der Waals surface area (Å²) in [7, 11) is 0. The molecular formula is C22H31N3O2S. The predicted octanol–water partition coefficient (Wildman–Crippen LogP) is 4.56. The van der Waals surface area contributed by atoms with Crippen LogP contribution in [0.3, 0.4) is 0 Å². The summed E-state index contributed by atoms with van der Waals surface area (Å²) < 4.78 is 3.17. The summed E-state index contributed by atoms with van der Waals surface area (Å²) in [5.74, 6) is -0.0191. The fourth-order valence-electron chi connectivity index (χ4n) is 4.79. The Kier molecular flexibility index (Phi) is 5.50. The van der Waals surface area contributed by atoms with Crippen molar-refractivity contribution in [2.75, 3.05) is 6.54 Å². The lowest BCUT2D eigenvalue weighted by Crippen LogP contribution is -2.65. The van der Waals surface area contributed by atoms with E-state index in [1.807, 2.05) is 23.3 Å². The summed E-state index contributed by atoms with van der Waals surface area (Å²) in [5.41, 5.74) is 0.928. The van der Waals surface area contributed by atoms with Crippen LogP contribution in [0.25, 0.3) is 10.2 Å². The van der Waals surface area contributed by atoms with Gasteiger partial charge in [-0.25, -0.2) is 0 Å². The van der Waals surface area contributed by atoms with Crippen LogP contribution >= 0.6 is 11.3 Å².